The summed E-state index contributed by atoms with van der Waals surface area (Å²) < 4.78 is 15.1. The van der Waals surface area contributed by atoms with Crippen molar-refractivity contribution in [2.75, 3.05) is 6.61 Å². The van der Waals surface area contributed by atoms with Crippen LogP contribution in [0.15, 0.2) is 0 Å². The van der Waals surface area contributed by atoms with Gasteiger partial charge in [0.05, 0.1) is 6.10 Å². The number of aliphatic hydroxyl groups is 2. The van der Waals surface area contributed by atoms with Crippen LogP contribution in [0, 0.1) is 0 Å². The number of unbranched alkanes of at least 4 members (excludes halogenated alkanes) is 1. The van der Waals surface area contributed by atoms with Crippen LogP contribution in [0.3, 0.4) is 0 Å². The lowest BCUT2D eigenvalue weighted by Crippen LogP contribution is -2.52. The Balaban J connectivity index is 2.60. The quantitative estimate of drug-likeness (QED) is 0.670. The van der Waals surface area contributed by atoms with Crippen molar-refractivity contribution in [1.29, 1.82) is 0 Å². The summed E-state index contributed by atoms with van der Waals surface area (Å²) in [6.07, 6.45) is -2.29. The van der Waals surface area contributed by atoms with Crippen LogP contribution in [0.4, 0.5) is 0 Å². The van der Waals surface area contributed by atoms with Gasteiger partial charge in [0.15, 0.2) is 12.4 Å². The maximum Gasteiger partial charge on any atom is 0.306 e. The number of ether oxygens (including phenoxy) is 3. The predicted octanol–water partition coefficient (Wildman–Crippen LogP) is 0.120. The van der Waals surface area contributed by atoms with Crippen molar-refractivity contribution in [1.82, 2.24) is 0 Å². The van der Waals surface area contributed by atoms with Crippen molar-refractivity contribution in [3.8, 4) is 0 Å². The Kier molecular flexibility index (Phi) is 6.90. The van der Waals surface area contributed by atoms with Crippen LogP contribution in [-0.4, -0.2) is 53.4 Å². The van der Waals surface area contributed by atoms with E-state index in [1.54, 1.807) is 0 Å². The lowest BCUT2D eigenvalue weighted by molar-refractivity contribution is -0.249. The summed E-state index contributed by atoms with van der Waals surface area (Å²) in [5.74, 6) is -0.956. The number of aliphatic hydroxyl groups excluding tert-OH is 2. The van der Waals surface area contributed by atoms with Gasteiger partial charge in [0, 0.05) is 19.8 Å². The van der Waals surface area contributed by atoms with Crippen LogP contribution < -0.4 is 0 Å². The summed E-state index contributed by atoms with van der Waals surface area (Å²) in [7, 11) is 0. The van der Waals surface area contributed by atoms with Crippen LogP contribution in [0.1, 0.15) is 39.5 Å². The molecule has 0 aromatic rings. The summed E-state index contributed by atoms with van der Waals surface area (Å²) in [5.41, 5.74) is 0. The van der Waals surface area contributed by atoms with Gasteiger partial charge in [-0.2, -0.15) is 0 Å². The van der Waals surface area contributed by atoms with Crippen molar-refractivity contribution < 1.29 is 34.0 Å². The van der Waals surface area contributed by atoms with Gasteiger partial charge in [-0.05, 0) is 6.42 Å². The number of rotatable bonds is 6. The molecule has 0 aromatic heterocycles. The molecular weight excluding hydrogens is 268 g/mol. The van der Waals surface area contributed by atoms with E-state index in [2.05, 4.69) is 0 Å². The number of carbonyl (C=O) groups is 2. The van der Waals surface area contributed by atoms with Gasteiger partial charge in [0.25, 0.3) is 0 Å². The van der Waals surface area contributed by atoms with Crippen molar-refractivity contribution in [3.63, 3.8) is 0 Å². The fourth-order valence-corrected chi connectivity index (χ4v) is 1.94. The molecule has 1 fully saturated rings. The van der Waals surface area contributed by atoms with Crippen molar-refractivity contribution in [2.45, 2.75) is 64.1 Å². The monoisotopic (exact) mass is 290 g/mol. The van der Waals surface area contributed by atoms with Gasteiger partial charge in [0.2, 0.25) is 0 Å². The van der Waals surface area contributed by atoms with E-state index in [0.29, 0.717) is 6.42 Å². The van der Waals surface area contributed by atoms with E-state index >= 15 is 0 Å². The highest BCUT2D eigenvalue weighted by Crippen LogP contribution is 2.23. The highest BCUT2D eigenvalue weighted by atomic mass is 16.7. The molecule has 0 saturated carbocycles. The topological polar surface area (TPSA) is 102 Å². The first kappa shape index (κ1) is 16.9. The third kappa shape index (κ3) is 5.44. The molecule has 116 valence electrons. The first-order chi connectivity index (χ1) is 9.43. The van der Waals surface area contributed by atoms with E-state index in [1.165, 1.54) is 6.92 Å². The number of esters is 2. The molecule has 4 atom stereocenters. The molecule has 7 heteroatoms. The Morgan fingerprint density at radius 1 is 1.35 bits per heavy atom. The molecule has 1 aliphatic heterocycles. The fraction of sp³-hybridized carbons (Fsp3) is 0.846. The predicted molar refractivity (Wildman–Crippen MR) is 67.5 cm³/mol. The standard InChI is InChI=1S/C13H22O7/c1-3-4-5-11(16)20-13-9(15)6-12(17)19-10(13)7-18-8(2)14/h9-10,12-13,15,17H,3-7H2,1-2H3. The molecule has 4 unspecified atom stereocenters. The zero-order chi connectivity index (χ0) is 15.1. The minimum Gasteiger partial charge on any atom is -0.463 e. The van der Waals surface area contributed by atoms with Gasteiger partial charge >= 0.3 is 11.9 Å². The Morgan fingerprint density at radius 3 is 2.65 bits per heavy atom. The van der Waals surface area contributed by atoms with E-state index in [4.69, 9.17) is 14.2 Å². The summed E-state index contributed by atoms with van der Waals surface area (Å²) in [4.78, 5) is 22.4. The molecule has 0 aromatic carbocycles. The lowest BCUT2D eigenvalue weighted by atomic mass is 10.0. The number of hydrogen-bond acceptors (Lipinski definition) is 7. The van der Waals surface area contributed by atoms with E-state index < -0.39 is 36.5 Å². The van der Waals surface area contributed by atoms with Crippen LogP contribution >= 0.6 is 0 Å². The maximum absolute atomic E-state index is 11.6. The number of carbonyl (C=O) groups excluding carboxylic acids is 2. The van der Waals surface area contributed by atoms with Crippen LogP contribution in [0.25, 0.3) is 0 Å². The highest BCUT2D eigenvalue weighted by Gasteiger charge is 2.40. The van der Waals surface area contributed by atoms with E-state index in [-0.39, 0.29) is 19.4 Å². The van der Waals surface area contributed by atoms with Gasteiger partial charge < -0.3 is 24.4 Å². The van der Waals surface area contributed by atoms with Gasteiger partial charge in [-0.25, -0.2) is 0 Å². The van der Waals surface area contributed by atoms with Crippen LogP contribution in [-0.2, 0) is 23.8 Å². The van der Waals surface area contributed by atoms with Crippen LogP contribution in [0.2, 0.25) is 0 Å². The van der Waals surface area contributed by atoms with Gasteiger partial charge in [-0.15, -0.1) is 0 Å². The van der Waals surface area contributed by atoms with Gasteiger partial charge in [-0.1, -0.05) is 13.3 Å². The summed E-state index contributed by atoms with van der Waals surface area (Å²) in [5, 5.41) is 19.3. The van der Waals surface area contributed by atoms with E-state index in [0.717, 1.165) is 6.42 Å². The van der Waals surface area contributed by atoms with Gasteiger partial charge in [0.1, 0.15) is 12.7 Å². The van der Waals surface area contributed by atoms with Crippen molar-refractivity contribution in [3.05, 3.63) is 0 Å². The molecule has 1 rings (SSSR count). The zero-order valence-corrected chi connectivity index (χ0v) is 11.8. The van der Waals surface area contributed by atoms with Crippen LogP contribution in [0.5, 0.6) is 0 Å². The second-order valence-electron chi connectivity index (χ2n) is 4.79. The Bertz CT molecular complexity index is 331. The van der Waals surface area contributed by atoms with E-state index in [1.807, 2.05) is 6.92 Å². The smallest absolute Gasteiger partial charge is 0.306 e. The molecule has 20 heavy (non-hydrogen) atoms. The molecule has 0 spiro atoms. The minimum atomic E-state index is -1.17. The fourth-order valence-electron chi connectivity index (χ4n) is 1.94. The average Bonchev–Trinajstić information content (AvgIpc) is 2.37. The molecule has 0 amide bonds. The third-order valence-electron chi connectivity index (χ3n) is 2.97. The molecule has 2 N–H and O–H groups in total. The molecular formula is C13H22O7. The molecule has 1 aliphatic rings. The zero-order valence-electron chi connectivity index (χ0n) is 11.8. The summed E-state index contributed by atoms with van der Waals surface area (Å²) >= 11 is 0. The Hall–Kier alpha value is -1.18. The van der Waals surface area contributed by atoms with E-state index in [9.17, 15) is 19.8 Å². The third-order valence-corrected chi connectivity index (χ3v) is 2.97. The first-order valence-electron chi connectivity index (χ1n) is 6.78. The molecule has 1 heterocycles. The second kappa shape index (κ2) is 8.18. The largest absolute Gasteiger partial charge is 0.463 e. The molecule has 7 nitrogen and oxygen atoms in total. The normalized spacial score (nSPS) is 29.8. The maximum atomic E-state index is 11.6. The SMILES string of the molecule is CCCCC(=O)OC1C(O)CC(O)OC1COC(C)=O. The number of hydrogen-bond donors (Lipinski definition) is 2. The van der Waals surface area contributed by atoms with Crippen molar-refractivity contribution in [2.24, 2.45) is 0 Å². The highest BCUT2D eigenvalue weighted by molar-refractivity contribution is 5.69. The summed E-state index contributed by atoms with van der Waals surface area (Å²) in [6.45, 7) is 3.00. The molecule has 0 radical (unpaired) electrons. The summed E-state index contributed by atoms with van der Waals surface area (Å²) in [6, 6.07) is 0. The van der Waals surface area contributed by atoms with Gasteiger partial charge in [-0.3, -0.25) is 9.59 Å². The molecule has 0 aliphatic carbocycles. The molecule has 0 bridgehead atoms. The average molecular weight is 290 g/mol. The lowest BCUT2D eigenvalue weighted by Gasteiger charge is -2.36. The minimum absolute atomic E-state index is 0.0533. The first-order valence-corrected chi connectivity index (χ1v) is 6.78. The molecule has 1 saturated heterocycles. The Labute approximate surface area is 117 Å². The Morgan fingerprint density at radius 2 is 2.05 bits per heavy atom. The second-order valence-corrected chi connectivity index (χ2v) is 4.79. The van der Waals surface area contributed by atoms with Crippen molar-refractivity contribution >= 4 is 11.9 Å².